The average Bonchev–Trinajstić information content (AvgIpc) is 2.29. The monoisotopic (exact) mass is 236 g/mol. The van der Waals surface area contributed by atoms with E-state index in [2.05, 4.69) is 20.6 Å². The van der Waals surface area contributed by atoms with Crippen molar-refractivity contribution in [3.8, 4) is 0 Å². The van der Waals surface area contributed by atoms with Crippen LogP contribution in [0.2, 0.25) is 0 Å². The van der Waals surface area contributed by atoms with Crippen LogP contribution < -0.4 is 10.6 Å². The summed E-state index contributed by atoms with van der Waals surface area (Å²) in [5.41, 5.74) is 0.00979. The van der Waals surface area contributed by atoms with Gasteiger partial charge in [0.2, 0.25) is 0 Å². The molecule has 17 heavy (non-hydrogen) atoms. The van der Waals surface area contributed by atoms with Crippen molar-refractivity contribution >= 4 is 11.6 Å². The number of hydrogen-bond donors (Lipinski definition) is 2. The lowest BCUT2D eigenvalue weighted by Gasteiger charge is -2.40. The van der Waals surface area contributed by atoms with Gasteiger partial charge in [-0.2, -0.15) is 0 Å². The van der Waals surface area contributed by atoms with Crippen LogP contribution in [0, 0.1) is 0 Å². The number of methoxy groups -OCH3 is 1. The van der Waals surface area contributed by atoms with Crippen molar-refractivity contribution in [3.05, 3.63) is 12.4 Å². The molecule has 5 nitrogen and oxygen atoms in total. The molecule has 5 heteroatoms. The van der Waals surface area contributed by atoms with Gasteiger partial charge in [0, 0.05) is 20.2 Å². The molecule has 1 aromatic heterocycles. The van der Waals surface area contributed by atoms with E-state index < -0.39 is 0 Å². The van der Waals surface area contributed by atoms with Crippen LogP contribution in [0.3, 0.4) is 0 Å². The highest BCUT2D eigenvalue weighted by Crippen LogP contribution is 2.34. The smallest absolute Gasteiger partial charge is 0.147 e. The van der Waals surface area contributed by atoms with Crippen LogP contribution in [0.4, 0.5) is 11.6 Å². The molecule has 0 aliphatic heterocycles. The summed E-state index contributed by atoms with van der Waals surface area (Å²) in [6.45, 7) is 3.68. The maximum atomic E-state index is 5.55. The highest BCUT2D eigenvalue weighted by Gasteiger charge is 2.36. The molecular weight excluding hydrogens is 216 g/mol. The minimum Gasteiger partial charge on any atom is -0.376 e. The molecule has 0 atom stereocenters. The first-order valence-corrected chi connectivity index (χ1v) is 6.13. The van der Waals surface area contributed by atoms with Crippen LogP contribution >= 0.6 is 0 Å². The molecule has 2 rings (SSSR count). The molecule has 2 N–H and O–H groups in total. The molecule has 1 saturated carbocycles. The van der Waals surface area contributed by atoms with E-state index in [1.807, 2.05) is 6.92 Å². The van der Waals surface area contributed by atoms with Crippen LogP contribution in [0.15, 0.2) is 12.4 Å². The highest BCUT2D eigenvalue weighted by molar-refractivity contribution is 5.41. The third-order valence-electron chi connectivity index (χ3n) is 3.28. The lowest BCUT2D eigenvalue weighted by atomic mass is 9.80. The predicted octanol–water partition coefficient (Wildman–Crippen LogP) is 1.89. The third-order valence-corrected chi connectivity index (χ3v) is 3.28. The Balaban J connectivity index is 1.92. The number of nitrogens with one attached hydrogen (secondary N) is 2. The lowest BCUT2D eigenvalue weighted by Crippen LogP contribution is -2.45. The zero-order valence-corrected chi connectivity index (χ0v) is 10.5. The maximum absolute atomic E-state index is 5.55. The molecule has 94 valence electrons. The standard InChI is InChI=1S/C12H20N4O/c1-3-14-10-7-13-8-11(16-10)15-9-12(17-2)5-4-6-12/h7-8H,3-6,9H2,1-2H3,(H2,14,15,16). The van der Waals surface area contributed by atoms with Gasteiger partial charge in [-0.15, -0.1) is 0 Å². The largest absolute Gasteiger partial charge is 0.376 e. The van der Waals surface area contributed by atoms with Crippen LogP contribution in [0.1, 0.15) is 26.2 Å². The van der Waals surface area contributed by atoms with Gasteiger partial charge in [0.25, 0.3) is 0 Å². The van der Waals surface area contributed by atoms with Crippen LogP contribution in [0.5, 0.6) is 0 Å². The Morgan fingerprint density at radius 2 is 2.00 bits per heavy atom. The summed E-state index contributed by atoms with van der Waals surface area (Å²) in [6, 6.07) is 0. The molecule has 0 bridgehead atoms. The normalized spacial score (nSPS) is 17.3. The molecule has 0 aromatic carbocycles. The first kappa shape index (κ1) is 12.1. The molecule has 0 saturated heterocycles. The number of nitrogens with zero attached hydrogens (tertiary/aromatic N) is 2. The van der Waals surface area contributed by atoms with Crippen molar-refractivity contribution in [1.82, 2.24) is 9.97 Å². The van der Waals surface area contributed by atoms with E-state index in [-0.39, 0.29) is 5.60 Å². The van der Waals surface area contributed by atoms with Gasteiger partial charge in [-0.3, -0.25) is 4.98 Å². The van der Waals surface area contributed by atoms with Crippen molar-refractivity contribution in [1.29, 1.82) is 0 Å². The highest BCUT2D eigenvalue weighted by atomic mass is 16.5. The minimum absolute atomic E-state index is 0.00979. The number of hydrogen-bond acceptors (Lipinski definition) is 5. The van der Waals surface area contributed by atoms with Gasteiger partial charge in [-0.05, 0) is 26.2 Å². The Bertz CT molecular complexity index is 360. The fourth-order valence-electron chi connectivity index (χ4n) is 1.99. The van der Waals surface area contributed by atoms with E-state index in [1.165, 1.54) is 6.42 Å². The summed E-state index contributed by atoms with van der Waals surface area (Å²) in [7, 11) is 1.78. The second-order valence-electron chi connectivity index (χ2n) is 4.41. The fourth-order valence-corrected chi connectivity index (χ4v) is 1.99. The Kier molecular flexibility index (Phi) is 3.78. The van der Waals surface area contributed by atoms with Crippen LogP contribution in [-0.2, 0) is 4.74 Å². The maximum Gasteiger partial charge on any atom is 0.147 e. The first-order chi connectivity index (χ1) is 8.28. The molecule has 1 heterocycles. The molecule has 1 fully saturated rings. The van der Waals surface area contributed by atoms with Gasteiger partial charge >= 0.3 is 0 Å². The number of ether oxygens (including phenoxy) is 1. The summed E-state index contributed by atoms with van der Waals surface area (Å²) < 4.78 is 5.55. The van der Waals surface area contributed by atoms with Gasteiger partial charge in [-0.25, -0.2) is 4.98 Å². The number of aromatic nitrogens is 2. The minimum atomic E-state index is 0.00979. The Morgan fingerprint density at radius 3 is 2.53 bits per heavy atom. The lowest BCUT2D eigenvalue weighted by molar-refractivity contribution is -0.0601. The van der Waals surface area contributed by atoms with Gasteiger partial charge in [-0.1, -0.05) is 0 Å². The van der Waals surface area contributed by atoms with Gasteiger partial charge in [0.05, 0.1) is 18.0 Å². The topological polar surface area (TPSA) is 59.1 Å². The van der Waals surface area contributed by atoms with E-state index in [4.69, 9.17) is 4.74 Å². The van der Waals surface area contributed by atoms with Crippen molar-refractivity contribution in [2.45, 2.75) is 31.8 Å². The summed E-state index contributed by atoms with van der Waals surface area (Å²) in [5, 5.41) is 6.44. The summed E-state index contributed by atoms with van der Waals surface area (Å²) in [5.74, 6) is 1.60. The van der Waals surface area contributed by atoms with Crippen LogP contribution in [0.25, 0.3) is 0 Å². The predicted molar refractivity (Wildman–Crippen MR) is 68.3 cm³/mol. The van der Waals surface area contributed by atoms with E-state index in [9.17, 15) is 0 Å². The zero-order chi connectivity index (χ0) is 12.1. The molecule has 0 spiro atoms. The molecule has 1 aromatic rings. The second-order valence-corrected chi connectivity index (χ2v) is 4.41. The SMILES string of the molecule is CCNc1cncc(NCC2(OC)CCC2)n1. The average molecular weight is 236 g/mol. The van der Waals surface area contributed by atoms with Gasteiger partial charge in [0.1, 0.15) is 11.6 Å². The molecule has 0 unspecified atom stereocenters. The molecule has 1 aliphatic carbocycles. The van der Waals surface area contributed by atoms with E-state index >= 15 is 0 Å². The Labute approximate surface area is 102 Å². The van der Waals surface area contributed by atoms with E-state index in [1.54, 1.807) is 19.5 Å². The van der Waals surface area contributed by atoms with Gasteiger partial charge in [0.15, 0.2) is 0 Å². The molecule has 0 amide bonds. The van der Waals surface area contributed by atoms with Crippen molar-refractivity contribution in [2.75, 3.05) is 30.8 Å². The van der Waals surface area contributed by atoms with Crippen molar-refractivity contribution in [3.63, 3.8) is 0 Å². The number of anilines is 2. The van der Waals surface area contributed by atoms with Crippen LogP contribution in [-0.4, -0.2) is 35.8 Å². The summed E-state index contributed by atoms with van der Waals surface area (Å²) in [6.07, 6.45) is 6.96. The fraction of sp³-hybridized carbons (Fsp3) is 0.667. The third kappa shape index (κ3) is 2.85. The first-order valence-electron chi connectivity index (χ1n) is 6.13. The molecule has 1 aliphatic rings. The Hall–Kier alpha value is -1.36. The van der Waals surface area contributed by atoms with E-state index in [0.717, 1.165) is 37.6 Å². The quantitative estimate of drug-likeness (QED) is 0.790. The van der Waals surface area contributed by atoms with Gasteiger partial charge < -0.3 is 15.4 Å². The van der Waals surface area contributed by atoms with Crippen molar-refractivity contribution < 1.29 is 4.74 Å². The molecule has 0 radical (unpaired) electrons. The second kappa shape index (κ2) is 5.31. The summed E-state index contributed by atoms with van der Waals surface area (Å²) in [4.78, 5) is 8.56. The van der Waals surface area contributed by atoms with E-state index in [0.29, 0.717) is 0 Å². The number of rotatable bonds is 6. The Morgan fingerprint density at radius 1 is 1.29 bits per heavy atom. The molecular formula is C12H20N4O. The zero-order valence-electron chi connectivity index (χ0n) is 10.5. The summed E-state index contributed by atoms with van der Waals surface area (Å²) >= 11 is 0. The van der Waals surface area contributed by atoms with Crippen molar-refractivity contribution in [2.24, 2.45) is 0 Å².